The van der Waals surface area contributed by atoms with E-state index in [0.717, 1.165) is 5.92 Å². The first-order chi connectivity index (χ1) is 4.38. The summed E-state index contributed by atoms with van der Waals surface area (Å²) in [5, 5.41) is 0. The van der Waals surface area contributed by atoms with E-state index in [4.69, 9.17) is 5.84 Å². The minimum Gasteiger partial charge on any atom is -0.271 e. The Kier molecular flexibility index (Phi) is 2.25. The second-order valence-corrected chi connectivity index (χ2v) is 2.62. The highest BCUT2D eigenvalue weighted by Crippen LogP contribution is 2.29. The Labute approximate surface area is 56.1 Å². The van der Waals surface area contributed by atoms with Crippen molar-refractivity contribution < 1.29 is 0 Å². The summed E-state index contributed by atoms with van der Waals surface area (Å²) in [5.41, 5.74) is 2.74. The molecule has 1 rings (SSSR count). The zero-order valence-electron chi connectivity index (χ0n) is 5.64. The lowest BCUT2D eigenvalue weighted by molar-refractivity contribution is 0.261. The minimum atomic E-state index is 0.346. The van der Waals surface area contributed by atoms with Crippen LogP contribution in [-0.2, 0) is 0 Å². The number of hydrogen-bond donors (Lipinski definition) is 2. The molecular weight excluding hydrogens is 112 g/mol. The Morgan fingerprint density at radius 1 is 1.67 bits per heavy atom. The molecule has 0 radical (unpaired) electrons. The molecule has 9 heavy (non-hydrogen) atoms. The molecule has 0 aliphatic heterocycles. The maximum absolute atomic E-state index is 5.27. The molecule has 0 aromatic rings. The fourth-order valence-electron chi connectivity index (χ4n) is 1.20. The van der Waals surface area contributed by atoms with Gasteiger partial charge in [-0.05, 0) is 18.8 Å². The van der Waals surface area contributed by atoms with Crippen LogP contribution in [0.4, 0.5) is 0 Å². The quantitative estimate of drug-likeness (QED) is 0.333. The van der Waals surface area contributed by atoms with Crippen molar-refractivity contribution in [2.75, 3.05) is 0 Å². The molecule has 0 aromatic carbocycles. The Balaban J connectivity index is 2.27. The summed E-state index contributed by atoms with van der Waals surface area (Å²) >= 11 is 0. The molecule has 1 aliphatic carbocycles. The van der Waals surface area contributed by atoms with Gasteiger partial charge in [-0.1, -0.05) is 12.5 Å². The van der Waals surface area contributed by atoms with Crippen LogP contribution >= 0.6 is 0 Å². The highest BCUT2D eigenvalue weighted by Gasteiger charge is 2.23. The summed E-state index contributed by atoms with van der Waals surface area (Å²) < 4.78 is 0. The van der Waals surface area contributed by atoms with Gasteiger partial charge in [-0.3, -0.25) is 11.3 Å². The number of rotatable bonds is 3. The van der Waals surface area contributed by atoms with Crippen molar-refractivity contribution in [2.24, 2.45) is 11.8 Å². The van der Waals surface area contributed by atoms with Crippen molar-refractivity contribution in [3.8, 4) is 0 Å². The van der Waals surface area contributed by atoms with E-state index >= 15 is 0 Å². The predicted molar refractivity (Wildman–Crippen MR) is 38.6 cm³/mol. The van der Waals surface area contributed by atoms with Crippen molar-refractivity contribution >= 4 is 0 Å². The first-order valence-corrected chi connectivity index (χ1v) is 3.47. The molecule has 1 saturated carbocycles. The van der Waals surface area contributed by atoms with E-state index in [1.54, 1.807) is 0 Å². The van der Waals surface area contributed by atoms with E-state index in [1.807, 2.05) is 6.08 Å². The summed E-state index contributed by atoms with van der Waals surface area (Å²) in [7, 11) is 0. The van der Waals surface area contributed by atoms with Crippen LogP contribution in [0.2, 0.25) is 0 Å². The predicted octanol–water partition coefficient (Wildman–Crippen LogP) is 0.804. The molecule has 2 nitrogen and oxygen atoms in total. The van der Waals surface area contributed by atoms with Crippen LogP contribution in [0, 0.1) is 5.92 Å². The van der Waals surface area contributed by atoms with Gasteiger partial charge in [0, 0.05) is 6.04 Å². The second-order valence-electron chi connectivity index (χ2n) is 2.62. The van der Waals surface area contributed by atoms with Crippen LogP contribution in [0.5, 0.6) is 0 Å². The monoisotopic (exact) mass is 126 g/mol. The summed E-state index contributed by atoms with van der Waals surface area (Å²) in [6.45, 7) is 3.69. The molecule has 1 atom stereocenters. The van der Waals surface area contributed by atoms with Gasteiger partial charge in [0.2, 0.25) is 0 Å². The third-order valence-electron chi connectivity index (χ3n) is 2.10. The van der Waals surface area contributed by atoms with E-state index in [1.165, 1.54) is 19.3 Å². The van der Waals surface area contributed by atoms with Crippen LogP contribution in [0.1, 0.15) is 19.3 Å². The van der Waals surface area contributed by atoms with Gasteiger partial charge >= 0.3 is 0 Å². The maximum Gasteiger partial charge on any atom is 0.0416 e. The molecule has 1 aliphatic rings. The molecule has 1 unspecified atom stereocenters. The highest BCUT2D eigenvalue weighted by molar-refractivity contribution is 4.92. The summed E-state index contributed by atoms with van der Waals surface area (Å²) in [4.78, 5) is 0. The summed E-state index contributed by atoms with van der Waals surface area (Å²) in [6.07, 6.45) is 5.86. The average molecular weight is 126 g/mol. The average Bonchev–Trinajstić information content (AvgIpc) is 1.78. The molecular formula is C7H14N2. The Hall–Kier alpha value is -0.340. The van der Waals surface area contributed by atoms with Crippen LogP contribution in [0.25, 0.3) is 0 Å². The molecule has 52 valence electrons. The third-order valence-corrected chi connectivity index (χ3v) is 2.10. The minimum absolute atomic E-state index is 0.346. The normalized spacial score (nSPS) is 22.8. The van der Waals surface area contributed by atoms with E-state index < -0.39 is 0 Å². The number of hydrogen-bond acceptors (Lipinski definition) is 2. The second kappa shape index (κ2) is 2.99. The molecule has 3 N–H and O–H groups in total. The fraction of sp³-hybridized carbons (Fsp3) is 0.714. The first-order valence-electron chi connectivity index (χ1n) is 3.47. The topological polar surface area (TPSA) is 38.0 Å². The van der Waals surface area contributed by atoms with E-state index in [2.05, 4.69) is 12.0 Å². The zero-order chi connectivity index (χ0) is 6.69. The fourth-order valence-corrected chi connectivity index (χ4v) is 1.20. The van der Waals surface area contributed by atoms with Gasteiger partial charge in [0.15, 0.2) is 0 Å². The van der Waals surface area contributed by atoms with E-state index in [0.29, 0.717) is 6.04 Å². The lowest BCUT2D eigenvalue weighted by atomic mass is 9.80. The summed E-state index contributed by atoms with van der Waals surface area (Å²) in [5.74, 6) is 6.03. The molecule has 0 heterocycles. The van der Waals surface area contributed by atoms with Crippen LogP contribution in [0.15, 0.2) is 12.7 Å². The summed E-state index contributed by atoms with van der Waals surface area (Å²) in [6, 6.07) is 0.346. The molecule has 0 saturated heterocycles. The number of hydrazine groups is 1. The van der Waals surface area contributed by atoms with Gasteiger partial charge in [0.25, 0.3) is 0 Å². The van der Waals surface area contributed by atoms with Crippen molar-refractivity contribution in [1.29, 1.82) is 0 Å². The van der Waals surface area contributed by atoms with Gasteiger partial charge in [0.05, 0.1) is 0 Å². The zero-order valence-corrected chi connectivity index (χ0v) is 5.64. The number of nitrogens with two attached hydrogens (primary N) is 1. The van der Waals surface area contributed by atoms with E-state index in [9.17, 15) is 0 Å². The van der Waals surface area contributed by atoms with Gasteiger partial charge in [0.1, 0.15) is 0 Å². The highest BCUT2D eigenvalue weighted by atomic mass is 15.2. The Morgan fingerprint density at radius 2 is 2.33 bits per heavy atom. The van der Waals surface area contributed by atoms with Crippen LogP contribution in [0.3, 0.4) is 0 Å². The van der Waals surface area contributed by atoms with Crippen molar-refractivity contribution in [1.82, 2.24) is 5.43 Å². The standard InChI is InChI=1S/C7H14N2/c1-2-7(9-8)6-4-3-5-6/h2,6-7,9H,1,3-5,8H2. The van der Waals surface area contributed by atoms with Crippen molar-refractivity contribution in [3.63, 3.8) is 0 Å². The van der Waals surface area contributed by atoms with Crippen LogP contribution < -0.4 is 11.3 Å². The molecule has 0 amide bonds. The molecule has 2 heteroatoms. The first kappa shape index (κ1) is 6.78. The van der Waals surface area contributed by atoms with Crippen LogP contribution in [-0.4, -0.2) is 6.04 Å². The van der Waals surface area contributed by atoms with Crippen molar-refractivity contribution in [3.05, 3.63) is 12.7 Å². The van der Waals surface area contributed by atoms with E-state index in [-0.39, 0.29) is 0 Å². The Morgan fingerprint density at radius 3 is 2.44 bits per heavy atom. The maximum atomic E-state index is 5.27. The SMILES string of the molecule is C=CC(NN)C1CCC1. The molecule has 0 spiro atoms. The molecule has 1 fully saturated rings. The van der Waals surface area contributed by atoms with Gasteiger partial charge in [-0.2, -0.15) is 0 Å². The largest absolute Gasteiger partial charge is 0.271 e. The lowest BCUT2D eigenvalue weighted by Crippen LogP contribution is -2.41. The lowest BCUT2D eigenvalue weighted by Gasteiger charge is -2.31. The Bertz CT molecular complexity index is 97.1. The third kappa shape index (κ3) is 1.32. The van der Waals surface area contributed by atoms with Gasteiger partial charge in [-0.25, -0.2) is 0 Å². The smallest absolute Gasteiger partial charge is 0.0416 e. The molecule has 0 bridgehead atoms. The molecule has 0 aromatic heterocycles. The van der Waals surface area contributed by atoms with Crippen molar-refractivity contribution in [2.45, 2.75) is 25.3 Å². The number of nitrogens with one attached hydrogen (secondary N) is 1. The van der Waals surface area contributed by atoms with Gasteiger partial charge in [-0.15, -0.1) is 6.58 Å². The van der Waals surface area contributed by atoms with Gasteiger partial charge < -0.3 is 0 Å².